The van der Waals surface area contributed by atoms with Crippen LogP contribution in [-0.2, 0) is 6.42 Å². The van der Waals surface area contributed by atoms with Crippen molar-refractivity contribution in [2.75, 3.05) is 0 Å². The molecule has 1 rings (SSSR count). The maximum atomic E-state index is 3.70. The summed E-state index contributed by atoms with van der Waals surface area (Å²) in [6.45, 7) is 5.84. The van der Waals surface area contributed by atoms with Gasteiger partial charge >= 0.3 is 0 Å². The first kappa shape index (κ1) is 7.00. The molecule has 0 unspecified atom stereocenters. The van der Waals surface area contributed by atoms with Crippen molar-refractivity contribution in [1.29, 1.82) is 0 Å². The molecule has 10 heavy (non-hydrogen) atoms. The fourth-order valence-electron chi connectivity index (χ4n) is 0.969. The second-order valence-electron chi connectivity index (χ2n) is 2.14. The van der Waals surface area contributed by atoms with Crippen LogP contribution in [-0.4, -0.2) is 0 Å². The monoisotopic (exact) mass is 134 g/mol. The minimum atomic E-state index is 1.05. The largest absolute Gasteiger partial charge is 0.186 e. The Bertz CT molecular complexity index is 228. The molecule has 0 atom stereocenters. The second-order valence-corrected chi connectivity index (χ2v) is 2.14. The Morgan fingerprint density at radius 3 is 2.90 bits per heavy atom. The molecule has 0 aliphatic rings. The Kier molecular flexibility index (Phi) is 2.21. The minimum absolute atomic E-state index is 1.05. The number of aryl methyl sites for hydroxylation is 1. The molecular weight excluding hydrogens is 122 g/mol. The van der Waals surface area contributed by atoms with Crippen LogP contribution in [0.5, 0.6) is 0 Å². The van der Waals surface area contributed by atoms with Crippen LogP contribution in [0.25, 0.3) is 6.20 Å². The molecule has 0 aromatic carbocycles. The summed E-state index contributed by atoms with van der Waals surface area (Å²) in [4.78, 5) is 0. The van der Waals surface area contributed by atoms with Crippen LogP contribution in [0, 0.1) is 0 Å². The highest BCUT2D eigenvalue weighted by Crippen LogP contribution is 1.91. The normalized spacial score (nSPS) is 9.30. The van der Waals surface area contributed by atoms with Gasteiger partial charge in [-0.3, -0.25) is 0 Å². The van der Waals surface area contributed by atoms with Crippen molar-refractivity contribution in [2.24, 2.45) is 0 Å². The highest BCUT2D eigenvalue weighted by molar-refractivity contribution is 5.04. The Balaban J connectivity index is 3.08. The number of nitrogens with zero attached hydrogens (tertiary/aromatic N) is 1. The average molecular weight is 134 g/mol. The highest BCUT2D eigenvalue weighted by atomic mass is 14.9. The summed E-state index contributed by atoms with van der Waals surface area (Å²) in [7, 11) is 0. The molecule has 0 fully saturated rings. The Morgan fingerprint density at radius 2 is 2.40 bits per heavy atom. The summed E-state index contributed by atoms with van der Waals surface area (Å²) in [5.74, 6) is 0. The zero-order chi connectivity index (χ0) is 7.40. The summed E-state index contributed by atoms with van der Waals surface area (Å²) in [5.41, 5.74) is 1.29. The van der Waals surface area contributed by atoms with Gasteiger partial charge in [-0.15, -0.1) is 0 Å². The summed E-state index contributed by atoms with van der Waals surface area (Å²) in [6.07, 6.45) is 4.87. The molecule has 0 N–H and O–H groups in total. The van der Waals surface area contributed by atoms with Crippen molar-refractivity contribution in [3.8, 4) is 0 Å². The smallest absolute Gasteiger partial charge is 0.172 e. The van der Waals surface area contributed by atoms with Gasteiger partial charge in [-0.2, -0.15) is 4.57 Å². The van der Waals surface area contributed by atoms with Crippen molar-refractivity contribution in [1.82, 2.24) is 0 Å². The van der Waals surface area contributed by atoms with Gasteiger partial charge in [-0.25, -0.2) is 0 Å². The van der Waals surface area contributed by atoms with Crippen LogP contribution in [0.3, 0.4) is 0 Å². The number of hydrogen-bond donors (Lipinski definition) is 0. The fourth-order valence-corrected chi connectivity index (χ4v) is 0.969. The van der Waals surface area contributed by atoms with Crippen molar-refractivity contribution in [3.05, 3.63) is 36.7 Å². The predicted octanol–water partition coefficient (Wildman–Crippen LogP) is 1.64. The Hall–Kier alpha value is -1.11. The van der Waals surface area contributed by atoms with Crippen molar-refractivity contribution < 1.29 is 4.57 Å². The number of pyridine rings is 1. The van der Waals surface area contributed by atoms with Gasteiger partial charge in [0.15, 0.2) is 18.1 Å². The lowest BCUT2D eigenvalue weighted by Gasteiger charge is -1.92. The topological polar surface area (TPSA) is 3.88 Å². The van der Waals surface area contributed by atoms with E-state index >= 15 is 0 Å². The van der Waals surface area contributed by atoms with Gasteiger partial charge in [0, 0.05) is 18.6 Å². The molecule has 0 radical (unpaired) electrons. The molecule has 0 saturated heterocycles. The Labute approximate surface area is 61.6 Å². The molecule has 1 heterocycles. The lowest BCUT2D eigenvalue weighted by molar-refractivity contribution is -0.576. The summed E-state index contributed by atoms with van der Waals surface area (Å²) in [6, 6.07) is 6.14. The maximum Gasteiger partial charge on any atom is 0.186 e. The van der Waals surface area contributed by atoms with E-state index in [-0.39, 0.29) is 0 Å². The molecule has 0 aliphatic carbocycles. The fraction of sp³-hybridized carbons (Fsp3) is 0.222. The van der Waals surface area contributed by atoms with Gasteiger partial charge < -0.3 is 0 Å². The van der Waals surface area contributed by atoms with E-state index in [2.05, 4.69) is 19.6 Å². The molecule has 0 saturated carbocycles. The Morgan fingerprint density at radius 1 is 1.60 bits per heavy atom. The molecular formula is C9H12N+. The zero-order valence-electron chi connectivity index (χ0n) is 6.25. The van der Waals surface area contributed by atoms with E-state index in [0.29, 0.717) is 0 Å². The van der Waals surface area contributed by atoms with E-state index in [1.165, 1.54) is 5.69 Å². The summed E-state index contributed by atoms with van der Waals surface area (Å²) in [5, 5.41) is 0. The predicted molar refractivity (Wildman–Crippen MR) is 42.4 cm³/mol. The molecule has 52 valence electrons. The lowest BCUT2D eigenvalue weighted by Crippen LogP contribution is -2.29. The van der Waals surface area contributed by atoms with Gasteiger partial charge in [0.2, 0.25) is 0 Å². The molecule has 0 bridgehead atoms. The molecule has 1 aromatic heterocycles. The second kappa shape index (κ2) is 3.16. The maximum absolute atomic E-state index is 3.70. The van der Waals surface area contributed by atoms with Crippen molar-refractivity contribution >= 4 is 6.20 Å². The zero-order valence-corrected chi connectivity index (χ0v) is 6.25. The van der Waals surface area contributed by atoms with Gasteiger partial charge in [-0.1, -0.05) is 13.0 Å². The first-order chi connectivity index (χ1) is 4.88. The van der Waals surface area contributed by atoms with Crippen LogP contribution in [0.15, 0.2) is 31.0 Å². The third kappa shape index (κ3) is 1.24. The van der Waals surface area contributed by atoms with E-state index < -0.39 is 0 Å². The van der Waals surface area contributed by atoms with Gasteiger partial charge in [0.05, 0.1) is 0 Å². The van der Waals surface area contributed by atoms with Crippen molar-refractivity contribution in [3.63, 3.8) is 0 Å². The third-order valence-corrected chi connectivity index (χ3v) is 1.54. The quantitative estimate of drug-likeness (QED) is 0.541. The van der Waals surface area contributed by atoms with E-state index in [0.717, 1.165) is 6.42 Å². The number of rotatable bonds is 2. The van der Waals surface area contributed by atoms with Crippen LogP contribution in [0.1, 0.15) is 12.6 Å². The first-order valence-electron chi connectivity index (χ1n) is 3.50. The van der Waals surface area contributed by atoms with Crippen LogP contribution in [0.2, 0.25) is 0 Å². The first-order valence-corrected chi connectivity index (χ1v) is 3.50. The molecule has 1 aromatic rings. The van der Waals surface area contributed by atoms with E-state index in [1.807, 2.05) is 29.1 Å². The average Bonchev–Trinajstić information content (AvgIpc) is 2.04. The van der Waals surface area contributed by atoms with Crippen LogP contribution < -0.4 is 4.57 Å². The summed E-state index contributed by atoms with van der Waals surface area (Å²) >= 11 is 0. The molecule has 1 heteroatoms. The third-order valence-electron chi connectivity index (χ3n) is 1.54. The van der Waals surface area contributed by atoms with E-state index in [1.54, 1.807) is 0 Å². The molecule has 1 nitrogen and oxygen atoms in total. The van der Waals surface area contributed by atoms with Crippen LogP contribution >= 0.6 is 0 Å². The number of aromatic nitrogens is 1. The van der Waals surface area contributed by atoms with E-state index in [9.17, 15) is 0 Å². The molecule has 0 spiro atoms. The SMILES string of the molecule is C=C[n+]1ccccc1CC. The molecule has 0 amide bonds. The van der Waals surface area contributed by atoms with Crippen molar-refractivity contribution in [2.45, 2.75) is 13.3 Å². The van der Waals surface area contributed by atoms with E-state index in [4.69, 9.17) is 0 Å². The lowest BCUT2D eigenvalue weighted by atomic mass is 10.3. The minimum Gasteiger partial charge on any atom is -0.172 e. The molecule has 0 aliphatic heterocycles. The standard InChI is InChI=1S/C9H12N/c1-3-9-7-5-6-8-10(9)4-2/h4-8H,2-3H2,1H3/q+1. The highest BCUT2D eigenvalue weighted by Gasteiger charge is 2.00. The van der Waals surface area contributed by atoms with Crippen LogP contribution in [0.4, 0.5) is 0 Å². The van der Waals surface area contributed by atoms with Gasteiger partial charge in [0.25, 0.3) is 0 Å². The number of hydrogen-bond acceptors (Lipinski definition) is 0. The summed E-state index contributed by atoms with van der Waals surface area (Å²) < 4.78 is 2.03. The van der Waals surface area contributed by atoms with Gasteiger partial charge in [-0.05, 0) is 6.58 Å². The van der Waals surface area contributed by atoms with Gasteiger partial charge in [0.1, 0.15) is 0 Å².